The summed E-state index contributed by atoms with van der Waals surface area (Å²) in [5.41, 5.74) is -4.81. The number of nitrogens with zero attached hydrogens (tertiary/aromatic N) is 3. The molecule has 4 aromatic heterocycles. The molecule has 3 N–H and O–H groups in total. The summed E-state index contributed by atoms with van der Waals surface area (Å²) in [6.07, 6.45) is 8.03. The third-order valence-corrected chi connectivity index (χ3v) is 18.6. The van der Waals surface area contributed by atoms with Crippen LogP contribution in [0.1, 0.15) is 34.2 Å². The van der Waals surface area contributed by atoms with E-state index in [0.29, 0.717) is 33.4 Å². The van der Waals surface area contributed by atoms with Crippen LogP contribution in [-0.2, 0) is 0 Å². The van der Waals surface area contributed by atoms with Crippen LogP contribution in [0.3, 0.4) is 0 Å². The second-order valence-electron chi connectivity index (χ2n) is 24.9. The molecular weight excluding hydrogens is 1410 g/mol. The standard InChI is InChI=1S/C87H45F15N6/c88-73-70(74(89)80(95)85(100)79(73)94)67-55-37-31-49(103-55)61(43-19-7-1-8-20-43)62(44-21-9-2-10-22-44)50-32-38-56(104-50)68(71-75(90)81(96)86(101)82(97)76(71)91)58-40-34-52(106-58)64(46-25-13-4-14-26-46)66(48-29-17-6-18-30-48)54-36-42-60(108-54)69(72-77(92)83(98)87(102)84(99)78(72)93)59-41-35-53(107-59)65(47-27-15-5-16-28-47)63(45-23-11-3-12-24-45)51-33-39-57(67)105-51/h1-42,103,106-107H. The molecule has 7 heterocycles. The van der Waals surface area contributed by atoms with Gasteiger partial charge in [-0.25, -0.2) is 80.8 Å². The average Bonchev–Trinajstić information content (AvgIpc) is 1.52. The highest BCUT2D eigenvalue weighted by molar-refractivity contribution is 6.05. The minimum absolute atomic E-state index is 0.0251. The molecular formula is C87H45F15N6. The van der Waals surface area contributed by atoms with Crippen molar-refractivity contribution in [3.63, 3.8) is 0 Å². The topological polar surface area (TPSA) is 86.0 Å². The van der Waals surface area contributed by atoms with Crippen molar-refractivity contribution < 1.29 is 65.9 Å². The van der Waals surface area contributed by atoms with E-state index in [0.717, 1.165) is 0 Å². The van der Waals surface area contributed by atoms with E-state index >= 15 is 65.9 Å². The van der Waals surface area contributed by atoms with Gasteiger partial charge in [0.25, 0.3) is 0 Å². The molecule has 21 heteroatoms. The van der Waals surface area contributed by atoms with Gasteiger partial charge in [0.15, 0.2) is 69.8 Å². The average molecular weight is 1460 g/mol. The molecule has 0 saturated heterocycles. The number of hydrogen-bond donors (Lipinski definition) is 3. The third kappa shape index (κ3) is 11.8. The number of rotatable bonds is 9. The zero-order valence-electron chi connectivity index (χ0n) is 55.3. The number of H-pyrrole nitrogens is 3. The molecule has 0 fully saturated rings. The van der Waals surface area contributed by atoms with Crippen LogP contribution in [0, 0.1) is 87.3 Å². The number of benzene rings is 9. The molecule has 528 valence electrons. The summed E-state index contributed by atoms with van der Waals surface area (Å²) in [5, 5.41) is 0. The molecule has 0 saturated carbocycles. The van der Waals surface area contributed by atoms with Gasteiger partial charge in [-0.1, -0.05) is 182 Å². The molecule has 16 rings (SSSR count). The van der Waals surface area contributed by atoms with Gasteiger partial charge in [0, 0.05) is 83.2 Å². The maximum Gasteiger partial charge on any atom is 0.200 e. The lowest BCUT2D eigenvalue weighted by Crippen LogP contribution is -2.05. The number of aromatic amines is 3. The summed E-state index contributed by atoms with van der Waals surface area (Å²) >= 11 is 0. The van der Waals surface area contributed by atoms with E-state index in [1.54, 1.807) is 182 Å². The first-order valence-electron chi connectivity index (χ1n) is 33.1. The molecule has 0 aliphatic carbocycles. The quantitative estimate of drug-likeness (QED) is 0.0765. The molecule has 0 spiro atoms. The highest BCUT2D eigenvalue weighted by atomic mass is 19.2. The molecule has 108 heavy (non-hydrogen) atoms. The highest BCUT2D eigenvalue weighted by Gasteiger charge is 2.34. The van der Waals surface area contributed by atoms with Crippen LogP contribution in [0.25, 0.3) is 170 Å². The van der Waals surface area contributed by atoms with Gasteiger partial charge in [-0.2, -0.15) is 0 Å². The Kier molecular flexibility index (Phi) is 17.7. The van der Waals surface area contributed by atoms with Gasteiger partial charge in [0.1, 0.15) is 0 Å². The van der Waals surface area contributed by atoms with Gasteiger partial charge in [-0.3, -0.25) is 0 Å². The minimum Gasteiger partial charge on any atom is -0.354 e. The Morgan fingerprint density at radius 1 is 0.148 bits per heavy atom. The van der Waals surface area contributed by atoms with Crippen LogP contribution >= 0.6 is 0 Å². The van der Waals surface area contributed by atoms with Gasteiger partial charge in [-0.15, -0.1) is 0 Å². The maximum absolute atomic E-state index is 17.0. The molecule has 0 atom stereocenters. The zero-order chi connectivity index (χ0) is 74.9. The molecule has 13 aromatic rings. The van der Waals surface area contributed by atoms with Crippen molar-refractivity contribution in [1.29, 1.82) is 0 Å². The van der Waals surface area contributed by atoms with Gasteiger partial charge in [0.05, 0.1) is 50.9 Å². The first kappa shape index (κ1) is 68.8. The molecule has 0 unspecified atom stereocenters. The van der Waals surface area contributed by atoms with Crippen LogP contribution in [0.15, 0.2) is 218 Å². The SMILES string of the molecule is Fc1c(F)c(F)c(-c2c3nc(c(-c4ccccc4)c(-c4ccccc4)c4ccc([nH]4)c(-c4c(F)c(F)c(F)c(F)c4F)c4nc(c(-c5ccccc5)c(-c5ccccc5)c5ccc([nH]5)c(-c5c(F)c(F)c(F)c(F)c5F)c5nc(c(-c6ccccc6)c(-c6ccccc6)c6ccc2[nH]6)C=C5)C=C4)C=C3)c(F)c1F. The summed E-state index contributed by atoms with van der Waals surface area (Å²) in [5.74, 6) is -34.9. The van der Waals surface area contributed by atoms with E-state index in [1.165, 1.54) is 72.9 Å². The van der Waals surface area contributed by atoms with E-state index in [4.69, 9.17) is 15.0 Å². The molecule has 0 radical (unpaired) electrons. The lowest BCUT2D eigenvalue weighted by Gasteiger charge is -2.12. The number of nitrogens with one attached hydrogen (secondary N) is 3. The highest BCUT2D eigenvalue weighted by Crippen LogP contribution is 2.48. The fourth-order valence-electron chi connectivity index (χ4n) is 13.9. The van der Waals surface area contributed by atoms with Crippen LogP contribution < -0.4 is 0 Å². The van der Waals surface area contributed by atoms with Gasteiger partial charge in [-0.05, 0) is 106 Å². The predicted octanol–water partition coefficient (Wildman–Crippen LogP) is 24.9. The van der Waals surface area contributed by atoms with Crippen LogP contribution in [-0.4, -0.2) is 29.9 Å². The van der Waals surface area contributed by atoms with Crippen molar-refractivity contribution in [3.05, 3.63) is 340 Å². The Bertz CT molecular complexity index is 5700. The Morgan fingerprint density at radius 3 is 0.481 bits per heavy atom. The zero-order valence-corrected chi connectivity index (χ0v) is 55.3. The molecule has 9 aromatic carbocycles. The molecule has 3 aliphatic heterocycles. The van der Waals surface area contributed by atoms with Crippen molar-refractivity contribution >= 4 is 69.6 Å². The normalized spacial score (nSPS) is 11.9. The van der Waals surface area contributed by atoms with Crippen molar-refractivity contribution in [1.82, 2.24) is 29.9 Å². The molecule has 6 nitrogen and oxygen atoms in total. The first-order chi connectivity index (χ1) is 52.4. The Labute approximate surface area is 602 Å². The minimum atomic E-state index is -2.47. The lowest BCUT2D eigenvalue weighted by atomic mass is 9.93. The van der Waals surface area contributed by atoms with Gasteiger partial charge < -0.3 is 15.0 Å². The fraction of sp³-hybridized carbons (Fsp3) is 0. The second kappa shape index (κ2) is 27.8. The van der Waals surface area contributed by atoms with Gasteiger partial charge >= 0.3 is 0 Å². The van der Waals surface area contributed by atoms with Crippen LogP contribution in [0.2, 0.25) is 0 Å². The monoisotopic (exact) mass is 1460 g/mol. The summed E-state index contributed by atoms with van der Waals surface area (Å²) in [6, 6.07) is 58.5. The van der Waals surface area contributed by atoms with Gasteiger partial charge in [0.2, 0.25) is 17.5 Å². The van der Waals surface area contributed by atoms with E-state index in [9.17, 15) is 0 Å². The van der Waals surface area contributed by atoms with Crippen molar-refractivity contribution in [2.75, 3.05) is 0 Å². The Hall–Kier alpha value is -13.6. The summed E-state index contributed by atoms with van der Waals surface area (Å²) in [6.45, 7) is 0. The Balaban J connectivity index is 1.18. The van der Waals surface area contributed by atoms with E-state index < -0.39 is 138 Å². The second-order valence-corrected chi connectivity index (χ2v) is 24.9. The third-order valence-electron chi connectivity index (χ3n) is 18.6. The Morgan fingerprint density at radius 2 is 0.296 bits per heavy atom. The fourth-order valence-corrected chi connectivity index (χ4v) is 13.9. The number of fused-ring (bicyclic) bond motifs is 12. The largest absolute Gasteiger partial charge is 0.354 e. The van der Waals surface area contributed by atoms with Crippen LogP contribution in [0.5, 0.6) is 0 Å². The summed E-state index contributed by atoms with van der Waals surface area (Å²) in [4.78, 5) is 24.5. The van der Waals surface area contributed by atoms with E-state index in [2.05, 4.69) is 15.0 Å². The van der Waals surface area contributed by atoms with Crippen LogP contribution in [0.4, 0.5) is 65.9 Å². The number of hydrogen-bond acceptors (Lipinski definition) is 3. The molecule has 3 aliphatic rings. The van der Waals surface area contributed by atoms with E-state index in [1.807, 2.05) is 0 Å². The first-order valence-corrected chi connectivity index (χ1v) is 33.1. The summed E-state index contributed by atoms with van der Waals surface area (Å²) in [7, 11) is 0. The van der Waals surface area contributed by atoms with E-state index in [-0.39, 0.29) is 83.6 Å². The summed E-state index contributed by atoms with van der Waals surface area (Å²) < 4.78 is 244. The number of aromatic nitrogens is 6. The smallest absolute Gasteiger partial charge is 0.200 e. The molecule has 0 amide bonds. The van der Waals surface area contributed by atoms with Crippen molar-refractivity contribution in [2.45, 2.75) is 0 Å². The van der Waals surface area contributed by atoms with Crippen molar-refractivity contribution in [3.8, 4) is 100 Å². The number of halogens is 15. The van der Waals surface area contributed by atoms with Crippen molar-refractivity contribution in [2.24, 2.45) is 0 Å². The molecule has 12 bridgehead atoms. The lowest BCUT2D eigenvalue weighted by molar-refractivity contribution is 0.381. The maximum atomic E-state index is 17.0. The predicted molar refractivity (Wildman–Crippen MR) is 390 cm³/mol.